The van der Waals surface area contributed by atoms with Crippen molar-refractivity contribution in [3.63, 3.8) is 0 Å². The molecule has 17 heavy (non-hydrogen) atoms. The fourth-order valence-corrected chi connectivity index (χ4v) is 2.15. The highest BCUT2D eigenvalue weighted by Gasteiger charge is 2.01. The van der Waals surface area contributed by atoms with Crippen LogP contribution in [0, 0.1) is 13.8 Å². The monoisotopic (exact) mass is 228 g/mol. The Labute approximate surface area is 106 Å². The summed E-state index contributed by atoms with van der Waals surface area (Å²) < 4.78 is 0. The van der Waals surface area contributed by atoms with Crippen LogP contribution in [0.5, 0.6) is 0 Å². The Kier molecular flexibility index (Phi) is 5.21. The molecule has 0 saturated heterocycles. The maximum Gasteiger partial charge on any atom is -0.0125 e. The number of benzene rings is 2. The highest BCUT2D eigenvalue weighted by Crippen LogP contribution is 2.24. The van der Waals surface area contributed by atoms with Gasteiger partial charge in [0.1, 0.15) is 0 Å². The molecular formula is C17H24. The van der Waals surface area contributed by atoms with Crippen LogP contribution in [0.1, 0.15) is 43.9 Å². The molecular weight excluding hydrogens is 204 g/mol. The third kappa shape index (κ3) is 3.33. The lowest BCUT2D eigenvalue weighted by Crippen LogP contribution is -1.87. The van der Waals surface area contributed by atoms with Crippen LogP contribution in [0.25, 0.3) is 10.8 Å². The molecule has 0 radical (unpaired) electrons. The van der Waals surface area contributed by atoms with Gasteiger partial charge < -0.3 is 0 Å². The quantitative estimate of drug-likeness (QED) is 0.610. The van der Waals surface area contributed by atoms with Gasteiger partial charge in [0.25, 0.3) is 0 Å². The third-order valence-electron chi connectivity index (χ3n) is 2.85. The van der Waals surface area contributed by atoms with Gasteiger partial charge in [0.2, 0.25) is 0 Å². The zero-order chi connectivity index (χ0) is 12.8. The average Bonchev–Trinajstić information content (AvgIpc) is 2.29. The molecule has 0 heteroatoms. The van der Waals surface area contributed by atoms with Crippen molar-refractivity contribution in [1.29, 1.82) is 0 Å². The standard InChI is InChI=1S/C14H16.C3H8/c1-4-12-8-11(3)14-10(2)6-5-7-13(14)9-12;1-3-2/h5-9H,4H2,1-3H3;3H2,1-2H3. The van der Waals surface area contributed by atoms with Crippen molar-refractivity contribution in [2.75, 3.05) is 0 Å². The molecule has 0 fully saturated rings. The van der Waals surface area contributed by atoms with Crippen LogP contribution in [0.4, 0.5) is 0 Å². The van der Waals surface area contributed by atoms with Gasteiger partial charge in [-0.3, -0.25) is 0 Å². The van der Waals surface area contributed by atoms with Crippen molar-refractivity contribution in [3.8, 4) is 0 Å². The highest BCUT2D eigenvalue weighted by atomic mass is 14.1. The molecule has 0 aromatic heterocycles. The van der Waals surface area contributed by atoms with Crippen molar-refractivity contribution >= 4 is 10.8 Å². The summed E-state index contributed by atoms with van der Waals surface area (Å²) in [6, 6.07) is 11.1. The fourth-order valence-electron chi connectivity index (χ4n) is 2.15. The summed E-state index contributed by atoms with van der Waals surface area (Å²) in [4.78, 5) is 0. The van der Waals surface area contributed by atoms with Gasteiger partial charge in [-0.25, -0.2) is 0 Å². The van der Waals surface area contributed by atoms with Gasteiger partial charge in [-0.15, -0.1) is 0 Å². The fraction of sp³-hybridized carbons (Fsp3) is 0.412. The number of hydrogen-bond acceptors (Lipinski definition) is 0. The zero-order valence-corrected chi connectivity index (χ0v) is 11.8. The van der Waals surface area contributed by atoms with E-state index in [1.165, 1.54) is 33.9 Å². The average molecular weight is 228 g/mol. The van der Waals surface area contributed by atoms with E-state index in [9.17, 15) is 0 Å². The van der Waals surface area contributed by atoms with E-state index in [0.717, 1.165) is 6.42 Å². The van der Waals surface area contributed by atoms with Gasteiger partial charge >= 0.3 is 0 Å². The Morgan fingerprint density at radius 1 is 0.882 bits per heavy atom. The SMILES string of the molecule is CCC.CCc1cc(C)c2c(C)cccc2c1. The molecule has 0 heterocycles. The van der Waals surface area contributed by atoms with E-state index in [1.54, 1.807) is 0 Å². The highest BCUT2D eigenvalue weighted by molar-refractivity contribution is 5.89. The van der Waals surface area contributed by atoms with E-state index < -0.39 is 0 Å². The van der Waals surface area contributed by atoms with Crippen molar-refractivity contribution in [1.82, 2.24) is 0 Å². The summed E-state index contributed by atoms with van der Waals surface area (Å²) in [5.41, 5.74) is 4.21. The molecule has 2 aromatic rings. The van der Waals surface area contributed by atoms with Crippen LogP contribution < -0.4 is 0 Å². The van der Waals surface area contributed by atoms with Crippen molar-refractivity contribution in [2.45, 2.75) is 47.5 Å². The van der Waals surface area contributed by atoms with E-state index >= 15 is 0 Å². The Hall–Kier alpha value is -1.30. The molecule has 0 amide bonds. The Morgan fingerprint density at radius 3 is 2.12 bits per heavy atom. The lowest BCUT2D eigenvalue weighted by atomic mass is 9.97. The van der Waals surface area contributed by atoms with Crippen molar-refractivity contribution < 1.29 is 0 Å². The Morgan fingerprint density at radius 2 is 1.53 bits per heavy atom. The molecule has 0 spiro atoms. The van der Waals surface area contributed by atoms with Crippen LogP contribution in [-0.2, 0) is 6.42 Å². The minimum absolute atomic E-state index is 1.12. The summed E-state index contributed by atoms with van der Waals surface area (Å²) in [5, 5.41) is 2.80. The molecule has 0 aliphatic heterocycles. The molecule has 0 unspecified atom stereocenters. The lowest BCUT2D eigenvalue weighted by Gasteiger charge is -2.08. The predicted molar refractivity (Wildman–Crippen MR) is 78.8 cm³/mol. The van der Waals surface area contributed by atoms with E-state index in [1.807, 2.05) is 0 Å². The minimum Gasteiger partial charge on any atom is -0.0656 e. The molecule has 0 aliphatic carbocycles. The van der Waals surface area contributed by atoms with Crippen LogP contribution in [0.3, 0.4) is 0 Å². The molecule has 92 valence electrons. The number of rotatable bonds is 1. The normalized spacial score (nSPS) is 9.94. The van der Waals surface area contributed by atoms with Gasteiger partial charge in [-0.1, -0.05) is 57.5 Å². The first kappa shape index (κ1) is 13.8. The van der Waals surface area contributed by atoms with Crippen LogP contribution in [0.15, 0.2) is 30.3 Å². The van der Waals surface area contributed by atoms with Crippen LogP contribution in [-0.4, -0.2) is 0 Å². The lowest BCUT2D eigenvalue weighted by molar-refractivity contribution is 1.09. The Bertz CT molecular complexity index is 481. The first-order valence-electron chi connectivity index (χ1n) is 6.62. The van der Waals surface area contributed by atoms with Crippen LogP contribution >= 0.6 is 0 Å². The Balaban J connectivity index is 0.000000437. The zero-order valence-electron chi connectivity index (χ0n) is 11.8. The molecule has 2 rings (SSSR count). The summed E-state index contributed by atoms with van der Waals surface area (Å²) in [6.45, 7) is 10.8. The molecule has 0 nitrogen and oxygen atoms in total. The first-order valence-corrected chi connectivity index (χ1v) is 6.62. The second-order valence-corrected chi connectivity index (χ2v) is 4.65. The van der Waals surface area contributed by atoms with E-state index in [4.69, 9.17) is 0 Å². The molecule has 0 saturated carbocycles. The maximum atomic E-state index is 2.30. The predicted octanol–water partition coefficient (Wildman–Crippen LogP) is 5.44. The largest absolute Gasteiger partial charge is 0.0656 e. The van der Waals surface area contributed by atoms with Crippen molar-refractivity contribution in [3.05, 3.63) is 47.0 Å². The van der Waals surface area contributed by atoms with Gasteiger partial charge in [0.15, 0.2) is 0 Å². The molecule has 0 N–H and O–H groups in total. The second kappa shape index (κ2) is 6.44. The summed E-state index contributed by atoms with van der Waals surface area (Å²) in [5.74, 6) is 0. The maximum absolute atomic E-state index is 2.30. The summed E-state index contributed by atoms with van der Waals surface area (Å²) in [7, 11) is 0. The molecule has 0 atom stereocenters. The van der Waals surface area contributed by atoms with Gasteiger partial charge in [-0.05, 0) is 47.7 Å². The van der Waals surface area contributed by atoms with Gasteiger partial charge in [0, 0.05) is 0 Å². The van der Waals surface area contributed by atoms with Gasteiger partial charge in [0.05, 0.1) is 0 Å². The first-order chi connectivity index (χ1) is 8.13. The van der Waals surface area contributed by atoms with E-state index in [2.05, 4.69) is 65.0 Å². The molecule has 0 bridgehead atoms. The molecule has 0 aliphatic rings. The van der Waals surface area contributed by atoms with E-state index in [0.29, 0.717) is 0 Å². The second-order valence-electron chi connectivity index (χ2n) is 4.65. The van der Waals surface area contributed by atoms with Gasteiger partial charge in [-0.2, -0.15) is 0 Å². The van der Waals surface area contributed by atoms with Crippen molar-refractivity contribution in [2.24, 2.45) is 0 Å². The molecule has 2 aromatic carbocycles. The number of fused-ring (bicyclic) bond motifs is 1. The summed E-state index contributed by atoms with van der Waals surface area (Å²) in [6.07, 6.45) is 2.37. The van der Waals surface area contributed by atoms with E-state index in [-0.39, 0.29) is 0 Å². The number of hydrogen-bond donors (Lipinski definition) is 0. The third-order valence-corrected chi connectivity index (χ3v) is 2.85. The van der Waals surface area contributed by atoms with Crippen LogP contribution in [0.2, 0.25) is 0 Å². The smallest absolute Gasteiger partial charge is 0.0125 e. The number of aryl methyl sites for hydroxylation is 3. The summed E-state index contributed by atoms with van der Waals surface area (Å²) >= 11 is 0. The minimum atomic E-state index is 1.12. The topological polar surface area (TPSA) is 0 Å².